The molecule has 15 heavy (non-hydrogen) atoms. The molecule has 5 heteroatoms. The van der Waals surface area contributed by atoms with Crippen molar-refractivity contribution in [3.8, 4) is 6.07 Å². The molecule has 0 fully saturated rings. The van der Waals surface area contributed by atoms with Gasteiger partial charge in [-0.25, -0.2) is 4.79 Å². The van der Waals surface area contributed by atoms with E-state index in [-0.39, 0.29) is 11.1 Å². The Labute approximate surface area is 86.6 Å². The number of rotatable bonds is 1. The molecule has 2 rings (SSSR count). The lowest BCUT2D eigenvalue weighted by molar-refractivity contribution is 0.0695. The monoisotopic (exact) mass is 203 g/mol. The van der Waals surface area contributed by atoms with Crippen LogP contribution in [0.2, 0.25) is 0 Å². The first-order valence-corrected chi connectivity index (χ1v) is 4.46. The number of pyridine rings is 1. The smallest absolute Gasteiger partial charge is 0.337 e. The van der Waals surface area contributed by atoms with Gasteiger partial charge in [0, 0.05) is 24.8 Å². The summed E-state index contributed by atoms with van der Waals surface area (Å²) in [5, 5.41) is 17.8. The molecule has 5 nitrogen and oxygen atoms in total. The molecule has 1 N–H and O–H groups in total. The summed E-state index contributed by atoms with van der Waals surface area (Å²) in [6, 6.07) is 1.86. The van der Waals surface area contributed by atoms with Crippen molar-refractivity contribution in [2.45, 2.75) is 13.1 Å². The van der Waals surface area contributed by atoms with Crippen LogP contribution in [0.4, 0.5) is 0 Å². The Kier molecular flexibility index (Phi) is 2.14. The molecular weight excluding hydrogens is 194 g/mol. The lowest BCUT2D eigenvalue weighted by Gasteiger charge is -2.05. The Morgan fingerprint density at radius 1 is 1.67 bits per heavy atom. The molecule has 1 aromatic rings. The van der Waals surface area contributed by atoms with Gasteiger partial charge in [0.25, 0.3) is 0 Å². The summed E-state index contributed by atoms with van der Waals surface area (Å²) < 4.78 is 0. The number of aromatic carboxylic acids is 1. The quantitative estimate of drug-likeness (QED) is 0.723. The summed E-state index contributed by atoms with van der Waals surface area (Å²) >= 11 is 0. The highest BCUT2D eigenvalue weighted by Crippen LogP contribution is 2.25. The number of nitrogens with zero attached hydrogens (tertiary/aromatic N) is 3. The highest BCUT2D eigenvalue weighted by Gasteiger charge is 2.25. The Hall–Kier alpha value is -1.93. The van der Waals surface area contributed by atoms with Gasteiger partial charge in [0.1, 0.15) is 6.07 Å². The predicted octanol–water partition coefficient (Wildman–Crippen LogP) is 0.597. The third-order valence-corrected chi connectivity index (χ3v) is 2.45. The maximum absolute atomic E-state index is 11.0. The van der Waals surface area contributed by atoms with Gasteiger partial charge in [-0.05, 0) is 7.05 Å². The molecule has 0 aromatic carbocycles. The summed E-state index contributed by atoms with van der Waals surface area (Å²) in [6.07, 6.45) is 1.33. The second-order valence-corrected chi connectivity index (χ2v) is 3.56. The highest BCUT2D eigenvalue weighted by molar-refractivity contribution is 5.92. The number of aromatic nitrogens is 1. The highest BCUT2D eigenvalue weighted by atomic mass is 16.4. The van der Waals surface area contributed by atoms with E-state index in [4.69, 9.17) is 10.4 Å². The lowest BCUT2D eigenvalue weighted by Crippen LogP contribution is -2.09. The Bertz CT molecular complexity index is 476. The van der Waals surface area contributed by atoms with Crippen LogP contribution in [-0.4, -0.2) is 28.0 Å². The van der Waals surface area contributed by atoms with Gasteiger partial charge in [0.15, 0.2) is 0 Å². The fourth-order valence-corrected chi connectivity index (χ4v) is 1.81. The zero-order valence-corrected chi connectivity index (χ0v) is 8.19. The van der Waals surface area contributed by atoms with E-state index in [1.54, 1.807) is 0 Å². The molecule has 0 amide bonds. The molecule has 1 aliphatic heterocycles. The summed E-state index contributed by atoms with van der Waals surface area (Å²) in [5.74, 6) is -1.06. The summed E-state index contributed by atoms with van der Waals surface area (Å²) in [6.45, 7) is 1.18. The van der Waals surface area contributed by atoms with Gasteiger partial charge in [-0.2, -0.15) is 5.26 Å². The first-order valence-electron chi connectivity index (χ1n) is 4.46. The van der Waals surface area contributed by atoms with E-state index in [2.05, 4.69) is 4.98 Å². The number of carboxylic acids is 1. The lowest BCUT2D eigenvalue weighted by atomic mass is 10.0. The summed E-state index contributed by atoms with van der Waals surface area (Å²) in [7, 11) is 1.89. The van der Waals surface area contributed by atoms with Gasteiger partial charge in [-0.3, -0.25) is 9.88 Å². The van der Waals surface area contributed by atoms with E-state index in [0.29, 0.717) is 18.7 Å². The van der Waals surface area contributed by atoms with Crippen molar-refractivity contribution in [1.82, 2.24) is 9.88 Å². The number of nitriles is 1. The average Bonchev–Trinajstić information content (AvgIpc) is 2.55. The fourth-order valence-electron chi connectivity index (χ4n) is 1.81. The molecule has 0 bridgehead atoms. The van der Waals surface area contributed by atoms with Gasteiger partial charge in [0.05, 0.1) is 16.8 Å². The zero-order chi connectivity index (χ0) is 11.0. The minimum atomic E-state index is -1.06. The summed E-state index contributed by atoms with van der Waals surface area (Å²) in [5.41, 5.74) is 1.67. The number of carboxylic acid groups (broad SMARTS) is 1. The van der Waals surface area contributed by atoms with Crippen molar-refractivity contribution >= 4 is 5.97 Å². The molecule has 0 saturated heterocycles. The largest absolute Gasteiger partial charge is 0.478 e. The van der Waals surface area contributed by atoms with E-state index in [9.17, 15) is 4.79 Å². The Morgan fingerprint density at radius 2 is 2.40 bits per heavy atom. The zero-order valence-electron chi connectivity index (χ0n) is 8.19. The van der Waals surface area contributed by atoms with Gasteiger partial charge in [-0.1, -0.05) is 0 Å². The molecule has 0 unspecified atom stereocenters. The maximum atomic E-state index is 11.0. The van der Waals surface area contributed by atoms with Crippen LogP contribution in [0.15, 0.2) is 6.20 Å². The average molecular weight is 203 g/mol. The SMILES string of the molecule is CN1Cc2ncc(C#N)c(C(=O)O)c2C1. The minimum Gasteiger partial charge on any atom is -0.478 e. The Morgan fingerprint density at radius 3 is 3.00 bits per heavy atom. The van der Waals surface area contributed by atoms with E-state index in [1.807, 2.05) is 18.0 Å². The molecule has 0 aliphatic carbocycles. The van der Waals surface area contributed by atoms with Crippen LogP contribution in [0, 0.1) is 11.3 Å². The van der Waals surface area contributed by atoms with Crippen LogP contribution in [-0.2, 0) is 13.1 Å². The van der Waals surface area contributed by atoms with E-state index < -0.39 is 5.97 Å². The van der Waals surface area contributed by atoms with Crippen LogP contribution in [0.1, 0.15) is 27.2 Å². The second kappa shape index (κ2) is 3.33. The number of fused-ring (bicyclic) bond motifs is 1. The van der Waals surface area contributed by atoms with Crippen molar-refractivity contribution < 1.29 is 9.90 Å². The van der Waals surface area contributed by atoms with Crippen molar-refractivity contribution in [2.75, 3.05) is 7.05 Å². The predicted molar refractivity (Wildman–Crippen MR) is 51.1 cm³/mol. The second-order valence-electron chi connectivity index (χ2n) is 3.56. The first kappa shape index (κ1) is 9.62. The normalized spacial score (nSPS) is 14.7. The molecular formula is C10H9N3O2. The van der Waals surface area contributed by atoms with Crippen LogP contribution in [0.3, 0.4) is 0 Å². The Balaban J connectivity index is 2.65. The molecule has 0 radical (unpaired) electrons. The third-order valence-electron chi connectivity index (χ3n) is 2.45. The number of hydrogen-bond donors (Lipinski definition) is 1. The van der Waals surface area contributed by atoms with Crippen molar-refractivity contribution in [3.05, 3.63) is 28.6 Å². The number of hydrogen-bond acceptors (Lipinski definition) is 4. The maximum Gasteiger partial charge on any atom is 0.337 e. The molecule has 0 saturated carbocycles. The standard InChI is InChI=1S/C10H9N3O2/c1-13-4-7-8(5-13)12-3-6(2-11)9(7)10(14)15/h3H,4-5H2,1H3,(H,14,15). The van der Waals surface area contributed by atoms with Crippen LogP contribution in [0.25, 0.3) is 0 Å². The first-order chi connectivity index (χ1) is 7.13. The summed E-state index contributed by atoms with van der Waals surface area (Å²) in [4.78, 5) is 17.1. The molecule has 1 aromatic heterocycles. The van der Waals surface area contributed by atoms with Crippen LogP contribution < -0.4 is 0 Å². The number of carbonyl (C=O) groups is 1. The molecule has 0 spiro atoms. The van der Waals surface area contributed by atoms with Crippen molar-refractivity contribution in [2.24, 2.45) is 0 Å². The minimum absolute atomic E-state index is 0.104. The molecule has 1 aliphatic rings. The molecule has 0 atom stereocenters. The van der Waals surface area contributed by atoms with Gasteiger partial charge in [-0.15, -0.1) is 0 Å². The van der Waals surface area contributed by atoms with Crippen LogP contribution >= 0.6 is 0 Å². The van der Waals surface area contributed by atoms with Gasteiger partial charge >= 0.3 is 5.97 Å². The molecule has 76 valence electrons. The topological polar surface area (TPSA) is 77.2 Å². The van der Waals surface area contributed by atoms with Crippen molar-refractivity contribution in [1.29, 1.82) is 5.26 Å². The van der Waals surface area contributed by atoms with Crippen molar-refractivity contribution in [3.63, 3.8) is 0 Å². The van der Waals surface area contributed by atoms with E-state index in [0.717, 1.165) is 5.69 Å². The fraction of sp³-hybridized carbons (Fsp3) is 0.300. The molecule has 2 heterocycles. The van der Waals surface area contributed by atoms with Crippen LogP contribution in [0.5, 0.6) is 0 Å². The van der Waals surface area contributed by atoms with E-state index >= 15 is 0 Å². The van der Waals surface area contributed by atoms with Gasteiger partial charge < -0.3 is 5.11 Å². The third kappa shape index (κ3) is 1.45. The van der Waals surface area contributed by atoms with Gasteiger partial charge in [0.2, 0.25) is 0 Å². The van der Waals surface area contributed by atoms with E-state index in [1.165, 1.54) is 6.20 Å².